The minimum Gasteiger partial charge on any atom is -0.352 e. The van der Waals surface area contributed by atoms with Gasteiger partial charge >= 0.3 is 0 Å². The number of aromatic amines is 1. The normalized spacial score (nSPS) is 11.2. The van der Waals surface area contributed by atoms with Gasteiger partial charge in [0.1, 0.15) is 21.9 Å². The van der Waals surface area contributed by atoms with E-state index in [9.17, 15) is 4.79 Å². The fourth-order valence-corrected chi connectivity index (χ4v) is 3.08. The summed E-state index contributed by atoms with van der Waals surface area (Å²) >= 11 is 1.39. The Labute approximate surface area is 134 Å². The van der Waals surface area contributed by atoms with Gasteiger partial charge in [0.05, 0.1) is 12.1 Å². The molecule has 4 aromatic heterocycles. The predicted octanol–water partition coefficient (Wildman–Crippen LogP) is 1.96. The van der Waals surface area contributed by atoms with Crippen molar-refractivity contribution in [1.82, 2.24) is 24.9 Å². The van der Waals surface area contributed by atoms with Crippen molar-refractivity contribution in [2.75, 3.05) is 11.9 Å². The van der Waals surface area contributed by atoms with Crippen LogP contribution >= 0.6 is 11.3 Å². The van der Waals surface area contributed by atoms with E-state index in [2.05, 4.69) is 24.9 Å². The standard InChI is InChI=1S/C15H12N6OS/c1-21(12-3-2-10-14(20-12)17-6-5-16-10)8-11-18-9-4-7-23-13(9)15(22)19-11/h2-7H,8H2,1H3,(H,18,19,22). The highest BCUT2D eigenvalue weighted by atomic mass is 32.1. The summed E-state index contributed by atoms with van der Waals surface area (Å²) < 4.78 is 0.649. The van der Waals surface area contributed by atoms with E-state index in [0.29, 0.717) is 22.7 Å². The lowest BCUT2D eigenvalue weighted by molar-refractivity contribution is 0.829. The van der Waals surface area contributed by atoms with Crippen molar-refractivity contribution in [3.8, 4) is 0 Å². The average Bonchev–Trinajstić information content (AvgIpc) is 3.03. The largest absolute Gasteiger partial charge is 0.352 e. The van der Waals surface area contributed by atoms with E-state index in [-0.39, 0.29) is 5.56 Å². The minimum absolute atomic E-state index is 0.106. The van der Waals surface area contributed by atoms with Crippen LogP contribution in [0.1, 0.15) is 5.82 Å². The molecule has 0 aromatic carbocycles. The summed E-state index contributed by atoms with van der Waals surface area (Å²) in [7, 11) is 1.89. The quantitative estimate of drug-likeness (QED) is 0.620. The first-order chi connectivity index (χ1) is 11.2. The second-order valence-corrected chi connectivity index (χ2v) is 5.99. The number of fused-ring (bicyclic) bond motifs is 2. The Hall–Kier alpha value is -2.87. The van der Waals surface area contributed by atoms with Gasteiger partial charge in [0.2, 0.25) is 0 Å². The van der Waals surface area contributed by atoms with Crippen LogP contribution in [-0.2, 0) is 6.54 Å². The molecule has 0 aliphatic carbocycles. The molecule has 1 N–H and O–H groups in total. The Morgan fingerprint density at radius 2 is 2.00 bits per heavy atom. The molecule has 7 nitrogen and oxygen atoms in total. The van der Waals surface area contributed by atoms with Gasteiger partial charge in [-0.1, -0.05) is 0 Å². The molecule has 23 heavy (non-hydrogen) atoms. The highest BCUT2D eigenvalue weighted by molar-refractivity contribution is 7.17. The SMILES string of the molecule is CN(Cc1nc2ccsc2c(=O)[nH]1)c1ccc2nccnc2n1. The van der Waals surface area contributed by atoms with E-state index in [0.717, 1.165) is 16.9 Å². The maximum absolute atomic E-state index is 12.0. The Balaban J connectivity index is 1.67. The summed E-state index contributed by atoms with van der Waals surface area (Å²) in [5.74, 6) is 1.34. The van der Waals surface area contributed by atoms with Gasteiger partial charge in [0.15, 0.2) is 5.65 Å². The number of pyridine rings is 1. The molecule has 4 rings (SSSR count). The first-order valence-corrected chi connectivity index (χ1v) is 7.84. The number of anilines is 1. The number of hydrogen-bond donors (Lipinski definition) is 1. The van der Waals surface area contributed by atoms with E-state index in [1.165, 1.54) is 11.3 Å². The number of thiophene rings is 1. The first-order valence-electron chi connectivity index (χ1n) is 6.96. The summed E-state index contributed by atoms with van der Waals surface area (Å²) in [6.07, 6.45) is 3.25. The van der Waals surface area contributed by atoms with Crippen molar-refractivity contribution in [3.05, 3.63) is 52.2 Å². The molecule has 0 saturated heterocycles. The lowest BCUT2D eigenvalue weighted by Gasteiger charge is -2.17. The fraction of sp³-hybridized carbons (Fsp3) is 0.133. The van der Waals surface area contributed by atoms with Gasteiger partial charge < -0.3 is 9.88 Å². The van der Waals surface area contributed by atoms with Gasteiger partial charge in [-0.25, -0.2) is 15.0 Å². The van der Waals surface area contributed by atoms with Crippen molar-refractivity contribution in [1.29, 1.82) is 0 Å². The zero-order valence-electron chi connectivity index (χ0n) is 12.2. The van der Waals surface area contributed by atoms with Gasteiger partial charge in [-0.05, 0) is 23.6 Å². The number of hydrogen-bond acceptors (Lipinski definition) is 7. The molecule has 0 fully saturated rings. The molecule has 0 unspecified atom stereocenters. The molecule has 0 saturated carbocycles. The van der Waals surface area contributed by atoms with Crippen LogP contribution in [0.2, 0.25) is 0 Å². The minimum atomic E-state index is -0.106. The van der Waals surface area contributed by atoms with Gasteiger partial charge in [-0.3, -0.25) is 9.78 Å². The summed E-state index contributed by atoms with van der Waals surface area (Å²) in [4.78, 5) is 34.1. The molecule has 0 atom stereocenters. The number of nitrogens with one attached hydrogen (secondary N) is 1. The van der Waals surface area contributed by atoms with Crippen molar-refractivity contribution >= 4 is 38.5 Å². The second-order valence-electron chi connectivity index (χ2n) is 5.07. The summed E-state index contributed by atoms with van der Waals surface area (Å²) in [5.41, 5.74) is 1.95. The van der Waals surface area contributed by atoms with Crippen LogP contribution in [0.25, 0.3) is 21.4 Å². The van der Waals surface area contributed by atoms with E-state index >= 15 is 0 Å². The molecular weight excluding hydrogens is 312 g/mol. The number of rotatable bonds is 3. The fourth-order valence-electron chi connectivity index (χ4n) is 2.36. The molecule has 4 aromatic rings. The molecule has 0 spiro atoms. The van der Waals surface area contributed by atoms with Crippen molar-refractivity contribution in [2.24, 2.45) is 0 Å². The van der Waals surface area contributed by atoms with Crippen LogP contribution in [0.5, 0.6) is 0 Å². The number of H-pyrrole nitrogens is 1. The molecular formula is C15H12N6OS. The van der Waals surface area contributed by atoms with Crippen molar-refractivity contribution in [3.63, 3.8) is 0 Å². The molecule has 0 aliphatic rings. The Kier molecular flexibility index (Phi) is 3.23. The number of nitrogens with zero attached hydrogens (tertiary/aromatic N) is 5. The molecule has 8 heteroatoms. The molecule has 0 bridgehead atoms. The zero-order chi connectivity index (χ0) is 15.8. The lowest BCUT2D eigenvalue weighted by Crippen LogP contribution is -2.22. The summed E-state index contributed by atoms with van der Waals surface area (Å²) in [6, 6.07) is 5.60. The molecule has 0 aliphatic heterocycles. The number of aromatic nitrogens is 5. The molecule has 4 heterocycles. The van der Waals surface area contributed by atoms with Crippen LogP contribution in [0.4, 0.5) is 5.82 Å². The topological polar surface area (TPSA) is 87.7 Å². The van der Waals surface area contributed by atoms with Gasteiger partial charge in [0, 0.05) is 19.4 Å². The highest BCUT2D eigenvalue weighted by Crippen LogP contribution is 2.17. The van der Waals surface area contributed by atoms with E-state index in [4.69, 9.17) is 0 Å². The average molecular weight is 324 g/mol. The van der Waals surface area contributed by atoms with E-state index in [1.54, 1.807) is 12.4 Å². The third-order valence-corrected chi connectivity index (χ3v) is 4.36. The first kappa shape index (κ1) is 13.8. The summed E-state index contributed by atoms with van der Waals surface area (Å²) in [6.45, 7) is 0.444. The van der Waals surface area contributed by atoms with E-state index in [1.807, 2.05) is 35.5 Å². The maximum Gasteiger partial charge on any atom is 0.268 e. The van der Waals surface area contributed by atoms with Crippen LogP contribution in [0.15, 0.2) is 40.8 Å². The van der Waals surface area contributed by atoms with Gasteiger partial charge in [0.25, 0.3) is 5.56 Å². The second kappa shape index (κ2) is 5.40. The van der Waals surface area contributed by atoms with Crippen LogP contribution in [-0.4, -0.2) is 32.0 Å². The van der Waals surface area contributed by atoms with Crippen molar-refractivity contribution < 1.29 is 0 Å². The van der Waals surface area contributed by atoms with Crippen LogP contribution in [0.3, 0.4) is 0 Å². The highest BCUT2D eigenvalue weighted by Gasteiger charge is 2.10. The van der Waals surface area contributed by atoms with Gasteiger partial charge in [-0.2, -0.15) is 0 Å². The Morgan fingerprint density at radius 1 is 1.13 bits per heavy atom. The van der Waals surface area contributed by atoms with Gasteiger partial charge in [-0.15, -0.1) is 11.3 Å². The third-order valence-electron chi connectivity index (χ3n) is 3.46. The summed E-state index contributed by atoms with van der Waals surface area (Å²) in [5, 5.41) is 1.87. The lowest BCUT2D eigenvalue weighted by atomic mass is 10.3. The molecule has 0 amide bonds. The van der Waals surface area contributed by atoms with Crippen LogP contribution in [0, 0.1) is 0 Å². The monoisotopic (exact) mass is 324 g/mol. The maximum atomic E-state index is 12.0. The molecule has 114 valence electrons. The predicted molar refractivity (Wildman–Crippen MR) is 89.7 cm³/mol. The zero-order valence-corrected chi connectivity index (χ0v) is 13.0. The molecule has 0 radical (unpaired) electrons. The van der Waals surface area contributed by atoms with Crippen LogP contribution < -0.4 is 10.5 Å². The van der Waals surface area contributed by atoms with E-state index < -0.39 is 0 Å². The third kappa shape index (κ3) is 2.53. The Morgan fingerprint density at radius 3 is 2.91 bits per heavy atom. The Bertz CT molecular complexity index is 1060. The van der Waals surface area contributed by atoms with Crippen molar-refractivity contribution in [2.45, 2.75) is 6.54 Å². The smallest absolute Gasteiger partial charge is 0.268 e.